The lowest BCUT2D eigenvalue weighted by Crippen LogP contribution is -2.21. The van der Waals surface area contributed by atoms with Crippen LogP contribution in [0.4, 0.5) is 0 Å². The second-order valence-corrected chi connectivity index (χ2v) is 12.8. The first-order valence-corrected chi connectivity index (χ1v) is 16.5. The van der Waals surface area contributed by atoms with Crippen LogP contribution in [-0.4, -0.2) is 30.3 Å². The Bertz CT molecular complexity index is 1900. The number of nitrogens with zero attached hydrogens (tertiary/aromatic N) is 4. The molecule has 6 aliphatic rings. The van der Waals surface area contributed by atoms with E-state index in [4.69, 9.17) is 15.0 Å². The Morgan fingerprint density at radius 2 is 2.02 bits per heavy atom. The molecule has 45 heavy (non-hydrogen) atoms. The standard InChI is InChI=1S/C40H39N5/c1-3-26-10-7-19-43-39(26)36-22-25(17-20-42-36)18-21-44-40(41-2)29-9-6-8-28(23-29)38-33-16-15-30-31(14-13-27-24-34(27)30)37(33)32-11-4-5-12-35(32)45-38/h4-8,10-14,18,20-23,25,27,29,34,43H,2-3,9,15-17,19,24H2,1H3/b21-18+,44-40-/t25?,27?,29?,34-/m0/s1. The molecule has 0 spiro atoms. The third-order valence-corrected chi connectivity index (χ3v) is 10.1. The number of benzene rings is 1. The summed E-state index contributed by atoms with van der Waals surface area (Å²) in [5.74, 6) is 2.54. The van der Waals surface area contributed by atoms with E-state index in [1.54, 1.807) is 5.57 Å². The first-order valence-electron chi connectivity index (χ1n) is 16.5. The largest absolute Gasteiger partial charge is 0.380 e. The highest BCUT2D eigenvalue weighted by Crippen LogP contribution is 2.55. The summed E-state index contributed by atoms with van der Waals surface area (Å²) < 4.78 is 0. The summed E-state index contributed by atoms with van der Waals surface area (Å²) >= 11 is 0. The maximum Gasteiger partial charge on any atom is 0.134 e. The fourth-order valence-corrected chi connectivity index (χ4v) is 7.70. The van der Waals surface area contributed by atoms with Crippen LogP contribution in [0.5, 0.6) is 0 Å². The molecule has 2 aromatic rings. The fraction of sp³-hybridized carbons (Fsp3) is 0.300. The summed E-state index contributed by atoms with van der Waals surface area (Å²) in [6.45, 7) is 6.93. The maximum atomic E-state index is 5.28. The Hall–Kier alpha value is -4.64. The van der Waals surface area contributed by atoms with E-state index in [1.165, 1.54) is 34.1 Å². The molecule has 4 aliphatic carbocycles. The lowest BCUT2D eigenvalue weighted by atomic mass is 9.77. The number of para-hydroxylation sites is 1. The van der Waals surface area contributed by atoms with Crippen molar-refractivity contribution in [2.24, 2.45) is 38.6 Å². The number of aromatic nitrogens is 1. The average Bonchev–Trinajstić information content (AvgIpc) is 3.90. The van der Waals surface area contributed by atoms with Gasteiger partial charge in [0.25, 0.3) is 0 Å². The van der Waals surface area contributed by atoms with Crippen molar-refractivity contribution in [1.29, 1.82) is 0 Å². The van der Waals surface area contributed by atoms with Crippen LogP contribution in [0, 0.1) is 23.7 Å². The predicted octanol–water partition coefficient (Wildman–Crippen LogP) is 8.51. The molecule has 3 heterocycles. The van der Waals surface area contributed by atoms with Gasteiger partial charge in [-0.05, 0) is 97.1 Å². The molecule has 1 fully saturated rings. The van der Waals surface area contributed by atoms with Crippen molar-refractivity contribution in [3.05, 3.63) is 125 Å². The molecule has 1 aromatic carbocycles. The molecule has 5 heteroatoms. The molecule has 0 amide bonds. The van der Waals surface area contributed by atoms with Crippen molar-refractivity contribution < 1.29 is 0 Å². The van der Waals surface area contributed by atoms with Crippen LogP contribution < -0.4 is 5.32 Å². The van der Waals surface area contributed by atoms with Gasteiger partial charge in [0.05, 0.1) is 22.6 Å². The third-order valence-electron chi connectivity index (χ3n) is 10.1. The van der Waals surface area contributed by atoms with Crippen molar-refractivity contribution in [1.82, 2.24) is 10.3 Å². The fourth-order valence-electron chi connectivity index (χ4n) is 7.70. The number of nitrogens with one attached hydrogen (secondary N) is 1. The van der Waals surface area contributed by atoms with Crippen LogP contribution in [0.15, 0.2) is 123 Å². The van der Waals surface area contributed by atoms with Crippen LogP contribution in [-0.2, 0) is 6.42 Å². The van der Waals surface area contributed by atoms with Gasteiger partial charge in [-0.15, -0.1) is 0 Å². The lowest BCUT2D eigenvalue weighted by molar-refractivity contribution is 0.792. The summed E-state index contributed by atoms with van der Waals surface area (Å²) in [4.78, 5) is 19.2. The first-order chi connectivity index (χ1) is 22.2. The number of fused-ring (bicyclic) bond motifs is 6. The first kappa shape index (κ1) is 27.9. The van der Waals surface area contributed by atoms with Gasteiger partial charge < -0.3 is 5.32 Å². The number of rotatable bonds is 6. The smallest absolute Gasteiger partial charge is 0.134 e. The summed E-state index contributed by atoms with van der Waals surface area (Å²) in [5.41, 5.74) is 12.7. The normalized spacial score (nSPS) is 26.8. The van der Waals surface area contributed by atoms with Gasteiger partial charge in [0, 0.05) is 36.2 Å². The topological polar surface area (TPSA) is 62.0 Å². The molecule has 224 valence electrons. The molecule has 1 N–H and O–H groups in total. The SMILES string of the molecule is C=N/C(=N\C=C\C1C=C(C2=C(CC)C=CCN2)N=CC1)C1C=C(c2nc3ccccc3c3c2CCC2=C3C=CC3C[C@H]23)C=CC1. The Labute approximate surface area is 265 Å². The molecule has 8 rings (SSSR count). The Kier molecular flexibility index (Phi) is 7.25. The Morgan fingerprint density at radius 3 is 2.93 bits per heavy atom. The van der Waals surface area contributed by atoms with E-state index in [9.17, 15) is 0 Å². The van der Waals surface area contributed by atoms with E-state index in [-0.39, 0.29) is 11.8 Å². The number of pyridine rings is 1. The third kappa shape index (κ3) is 5.14. The Morgan fingerprint density at radius 1 is 1.09 bits per heavy atom. The molecule has 2 aliphatic heterocycles. The zero-order valence-corrected chi connectivity index (χ0v) is 25.9. The zero-order valence-electron chi connectivity index (χ0n) is 25.9. The van der Waals surface area contributed by atoms with Gasteiger partial charge in [-0.1, -0.05) is 79.3 Å². The van der Waals surface area contributed by atoms with Crippen LogP contribution in [0.25, 0.3) is 22.0 Å². The maximum absolute atomic E-state index is 5.28. The molecule has 4 atom stereocenters. The molecule has 1 aromatic heterocycles. The van der Waals surface area contributed by atoms with E-state index in [2.05, 4.69) is 103 Å². The predicted molar refractivity (Wildman–Crippen MR) is 188 cm³/mol. The lowest BCUT2D eigenvalue weighted by Gasteiger charge is -2.28. The number of allylic oxidation sites excluding steroid dienone is 11. The monoisotopic (exact) mass is 589 g/mol. The number of hydrogen-bond donors (Lipinski definition) is 1. The van der Waals surface area contributed by atoms with Gasteiger partial charge in [0.2, 0.25) is 0 Å². The summed E-state index contributed by atoms with van der Waals surface area (Å²) in [6.07, 6.45) is 30.5. The van der Waals surface area contributed by atoms with Crippen LogP contribution in [0.1, 0.15) is 55.8 Å². The van der Waals surface area contributed by atoms with Gasteiger partial charge in [0.1, 0.15) is 5.84 Å². The highest BCUT2D eigenvalue weighted by Gasteiger charge is 2.43. The van der Waals surface area contributed by atoms with Crippen molar-refractivity contribution in [2.75, 3.05) is 6.54 Å². The van der Waals surface area contributed by atoms with Crippen molar-refractivity contribution in [3.63, 3.8) is 0 Å². The summed E-state index contributed by atoms with van der Waals surface area (Å²) in [6, 6.07) is 8.65. The van der Waals surface area contributed by atoms with Crippen LogP contribution >= 0.6 is 0 Å². The molecule has 3 unspecified atom stereocenters. The van der Waals surface area contributed by atoms with Crippen molar-refractivity contribution in [3.8, 4) is 0 Å². The van der Waals surface area contributed by atoms with E-state index < -0.39 is 0 Å². The molecule has 5 nitrogen and oxygen atoms in total. The zero-order chi connectivity index (χ0) is 30.3. The molecule has 0 bridgehead atoms. The minimum atomic E-state index is 0.0470. The molecular weight excluding hydrogens is 550 g/mol. The van der Waals surface area contributed by atoms with Crippen molar-refractivity contribution >= 4 is 40.8 Å². The van der Waals surface area contributed by atoms with E-state index >= 15 is 0 Å². The second kappa shape index (κ2) is 11.7. The van der Waals surface area contributed by atoms with E-state index in [0.717, 1.165) is 84.5 Å². The number of aliphatic imine (C=N–C) groups is 3. The van der Waals surface area contributed by atoms with Gasteiger partial charge in [-0.2, -0.15) is 0 Å². The summed E-state index contributed by atoms with van der Waals surface area (Å²) in [5, 5.41) is 4.78. The minimum absolute atomic E-state index is 0.0470. The van der Waals surface area contributed by atoms with Gasteiger partial charge in [-0.25, -0.2) is 15.0 Å². The molecular formula is C40H39N5. The van der Waals surface area contributed by atoms with E-state index in [1.807, 2.05) is 12.4 Å². The van der Waals surface area contributed by atoms with Gasteiger partial charge in [-0.3, -0.25) is 4.99 Å². The second-order valence-electron chi connectivity index (χ2n) is 12.8. The number of amidine groups is 1. The van der Waals surface area contributed by atoms with Crippen LogP contribution in [0.2, 0.25) is 0 Å². The summed E-state index contributed by atoms with van der Waals surface area (Å²) in [7, 11) is 0. The van der Waals surface area contributed by atoms with Crippen LogP contribution in [0.3, 0.4) is 0 Å². The highest BCUT2D eigenvalue weighted by atomic mass is 14.9. The van der Waals surface area contributed by atoms with Gasteiger partial charge >= 0.3 is 0 Å². The Balaban J connectivity index is 1.09. The minimum Gasteiger partial charge on any atom is -0.380 e. The van der Waals surface area contributed by atoms with E-state index in [0.29, 0.717) is 0 Å². The molecule has 0 radical (unpaired) electrons. The molecule has 1 saturated carbocycles. The van der Waals surface area contributed by atoms with Crippen molar-refractivity contribution in [2.45, 2.75) is 45.4 Å². The molecule has 0 saturated heterocycles. The van der Waals surface area contributed by atoms with Gasteiger partial charge in [0.15, 0.2) is 0 Å². The highest BCUT2D eigenvalue weighted by molar-refractivity contribution is 6.01. The number of hydrogen-bond acceptors (Lipinski definition) is 4. The number of dihydropyridines is 1. The average molecular weight is 590 g/mol. The quantitative estimate of drug-likeness (QED) is 0.271.